The maximum Gasteiger partial charge on any atom is 0.573 e. The van der Waals surface area contributed by atoms with E-state index in [1.807, 2.05) is 0 Å². The van der Waals surface area contributed by atoms with E-state index in [1.54, 1.807) is 0 Å². The largest absolute Gasteiger partial charge is 0.573 e. The third kappa shape index (κ3) is 3.26. The lowest BCUT2D eigenvalue weighted by Gasteiger charge is -2.10. The van der Waals surface area contributed by atoms with Crippen LogP contribution in [0.5, 0.6) is 5.75 Å². The van der Waals surface area contributed by atoms with Crippen LogP contribution in [0.15, 0.2) is 36.4 Å². The summed E-state index contributed by atoms with van der Waals surface area (Å²) in [5.74, 6) is -4.37. The molecule has 5 nitrogen and oxygen atoms in total. The van der Waals surface area contributed by atoms with Crippen molar-refractivity contribution in [2.24, 2.45) is 0 Å². The summed E-state index contributed by atoms with van der Waals surface area (Å²) in [6.45, 7) is 0.648. The molecule has 0 unspecified atom stereocenters. The fraction of sp³-hybridized carbons (Fsp3) is 0.214. The molecular weight excluding hydrogens is 335 g/mol. The number of halogens is 5. The second-order valence-corrected chi connectivity index (χ2v) is 4.98. The molecule has 0 aliphatic rings. The van der Waals surface area contributed by atoms with Gasteiger partial charge in [0.2, 0.25) is 5.82 Å². The average Bonchev–Trinajstić information content (AvgIpc) is 2.88. The number of aromatic nitrogens is 4. The predicted octanol–water partition coefficient (Wildman–Crippen LogP) is 3.80. The zero-order chi connectivity index (χ0) is 17.5. The van der Waals surface area contributed by atoms with Crippen molar-refractivity contribution in [3.05, 3.63) is 42.2 Å². The van der Waals surface area contributed by atoms with Crippen molar-refractivity contribution in [3.63, 3.8) is 0 Å². The maximum absolute atomic E-state index is 13.5. The van der Waals surface area contributed by atoms with Crippen molar-refractivity contribution in [1.29, 1.82) is 0 Å². The molecule has 2 heterocycles. The Balaban J connectivity index is 2.05. The van der Waals surface area contributed by atoms with E-state index < -0.39 is 23.9 Å². The van der Waals surface area contributed by atoms with Crippen molar-refractivity contribution in [2.75, 3.05) is 0 Å². The van der Waals surface area contributed by atoms with Gasteiger partial charge in [-0.15, -0.1) is 23.4 Å². The second-order valence-electron chi connectivity index (χ2n) is 4.98. The Morgan fingerprint density at radius 2 is 1.75 bits per heavy atom. The van der Waals surface area contributed by atoms with Crippen LogP contribution in [0.2, 0.25) is 0 Å². The SMILES string of the molecule is CC(F)(F)c1nnc2ccc(-c3cccc(OC(F)(F)F)c3)nn12. The van der Waals surface area contributed by atoms with E-state index in [9.17, 15) is 22.0 Å². The minimum Gasteiger partial charge on any atom is -0.406 e. The summed E-state index contributed by atoms with van der Waals surface area (Å²) < 4.78 is 68.5. The van der Waals surface area contributed by atoms with Gasteiger partial charge >= 0.3 is 12.3 Å². The van der Waals surface area contributed by atoms with Crippen LogP contribution >= 0.6 is 0 Å². The Labute approximate surface area is 131 Å². The standard InChI is InChI=1S/C14H9F5N4O/c1-13(15,16)12-21-20-11-6-5-10(22-23(11)12)8-3-2-4-9(7-8)24-14(17,18)19/h2-7H,1H3. The van der Waals surface area contributed by atoms with Crippen molar-refractivity contribution in [1.82, 2.24) is 19.8 Å². The lowest BCUT2D eigenvalue weighted by Crippen LogP contribution is -2.17. The summed E-state index contributed by atoms with van der Waals surface area (Å²) in [5, 5.41) is 11.0. The summed E-state index contributed by atoms with van der Waals surface area (Å²) in [7, 11) is 0. The molecular formula is C14H9F5N4O. The molecule has 0 atom stereocenters. The molecule has 0 N–H and O–H groups in total. The zero-order valence-corrected chi connectivity index (χ0v) is 12.1. The fourth-order valence-corrected chi connectivity index (χ4v) is 2.07. The molecule has 2 aromatic heterocycles. The summed E-state index contributed by atoms with van der Waals surface area (Å²) >= 11 is 0. The molecule has 0 amide bonds. The molecule has 3 rings (SSSR count). The van der Waals surface area contributed by atoms with Gasteiger partial charge in [-0.25, -0.2) is 0 Å². The van der Waals surface area contributed by atoms with Crippen molar-refractivity contribution >= 4 is 5.65 Å². The van der Waals surface area contributed by atoms with Crippen LogP contribution in [0.3, 0.4) is 0 Å². The summed E-state index contributed by atoms with van der Waals surface area (Å²) in [6, 6.07) is 7.88. The third-order valence-electron chi connectivity index (χ3n) is 3.02. The third-order valence-corrected chi connectivity index (χ3v) is 3.02. The highest BCUT2D eigenvalue weighted by Gasteiger charge is 2.32. The highest BCUT2D eigenvalue weighted by Crippen LogP contribution is 2.29. The maximum atomic E-state index is 13.5. The number of ether oxygens (including phenoxy) is 1. The number of rotatable bonds is 3. The quantitative estimate of drug-likeness (QED) is 0.678. The molecule has 0 bridgehead atoms. The van der Waals surface area contributed by atoms with Gasteiger partial charge in [0.15, 0.2) is 5.65 Å². The lowest BCUT2D eigenvalue weighted by atomic mass is 10.1. The number of nitrogens with zero attached hydrogens (tertiary/aromatic N) is 4. The Morgan fingerprint density at radius 1 is 1.00 bits per heavy atom. The first kappa shape index (κ1) is 16.1. The number of hydrogen-bond acceptors (Lipinski definition) is 4. The number of alkyl halides is 5. The van der Waals surface area contributed by atoms with Crippen LogP contribution in [-0.4, -0.2) is 26.2 Å². The van der Waals surface area contributed by atoms with Gasteiger partial charge in [-0.05, 0) is 24.3 Å². The monoisotopic (exact) mass is 344 g/mol. The van der Waals surface area contributed by atoms with Gasteiger partial charge in [-0.1, -0.05) is 12.1 Å². The molecule has 0 aliphatic heterocycles. The normalized spacial score (nSPS) is 12.6. The van der Waals surface area contributed by atoms with Crippen LogP contribution in [0, 0.1) is 0 Å². The van der Waals surface area contributed by atoms with Crippen molar-refractivity contribution < 1.29 is 26.7 Å². The lowest BCUT2D eigenvalue weighted by molar-refractivity contribution is -0.274. The molecule has 1 aromatic carbocycles. The van der Waals surface area contributed by atoms with Gasteiger partial charge in [0.1, 0.15) is 5.75 Å². The number of benzene rings is 1. The zero-order valence-electron chi connectivity index (χ0n) is 12.1. The average molecular weight is 344 g/mol. The van der Waals surface area contributed by atoms with Gasteiger partial charge in [0, 0.05) is 12.5 Å². The van der Waals surface area contributed by atoms with E-state index >= 15 is 0 Å². The second kappa shape index (κ2) is 5.39. The van der Waals surface area contributed by atoms with Crippen molar-refractivity contribution in [3.8, 4) is 17.0 Å². The van der Waals surface area contributed by atoms with Gasteiger partial charge in [0.05, 0.1) is 5.69 Å². The first-order valence-corrected chi connectivity index (χ1v) is 6.60. The smallest absolute Gasteiger partial charge is 0.406 e. The minimum atomic E-state index is -4.83. The predicted molar refractivity (Wildman–Crippen MR) is 72.5 cm³/mol. The van der Waals surface area contributed by atoms with E-state index in [0.717, 1.165) is 16.6 Å². The van der Waals surface area contributed by atoms with Crippen molar-refractivity contribution in [2.45, 2.75) is 19.2 Å². The molecule has 0 fully saturated rings. The van der Waals surface area contributed by atoms with Crippen LogP contribution in [0.25, 0.3) is 16.9 Å². The summed E-state index contributed by atoms with van der Waals surface area (Å²) in [4.78, 5) is 0. The topological polar surface area (TPSA) is 52.3 Å². The van der Waals surface area contributed by atoms with Crippen LogP contribution in [0.4, 0.5) is 22.0 Å². The molecule has 3 aromatic rings. The van der Waals surface area contributed by atoms with E-state index in [-0.39, 0.29) is 16.9 Å². The van der Waals surface area contributed by atoms with Crippen LogP contribution < -0.4 is 4.74 Å². The summed E-state index contributed by atoms with van der Waals surface area (Å²) in [6.07, 6.45) is -4.83. The Bertz CT molecular complexity index is 885. The minimum absolute atomic E-state index is 0.0953. The number of hydrogen-bond donors (Lipinski definition) is 0. The molecule has 126 valence electrons. The van der Waals surface area contributed by atoms with Gasteiger partial charge in [-0.2, -0.15) is 18.4 Å². The van der Waals surface area contributed by atoms with E-state index in [0.29, 0.717) is 6.92 Å². The van der Waals surface area contributed by atoms with E-state index in [1.165, 1.54) is 24.3 Å². The van der Waals surface area contributed by atoms with Crippen LogP contribution in [-0.2, 0) is 5.92 Å². The van der Waals surface area contributed by atoms with Gasteiger partial charge < -0.3 is 4.74 Å². The molecule has 0 aliphatic carbocycles. The molecule has 10 heteroatoms. The van der Waals surface area contributed by atoms with Gasteiger partial charge in [0.25, 0.3) is 0 Å². The molecule has 0 spiro atoms. The highest BCUT2D eigenvalue weighted by atomic mass is 19.4. The van der Waals surface area contributed by atoms with Gasteiger partial charge in [-0.3, -0.25) is 0 Å². The molecule has 24 heavy (non-hydrogen) atoms. The van der Waals surface area contributed by atoms with E-state index in [2.05, 4.69) is 20.0 Å². The Kier molecular flexibility index (Phi) is 3.61. The summed E-state index contributed by atoms with van der Waals surface area (Å²) in [5.41, 5.74) is 0.524. The number of fused-ring (bicyclic) bond motifs is 1. The molecule has 0 radical (unpaired) electrons. The van der Waals surface area contributed by atoms with E-state index in [4.69, 9.17) is 0 Å². The Morgan fingerprint density at radius 3 is 2.42 bits per heavy atom. The Hall–Kier alpha value is -2.78. The highest BCUT2D eigenvalue weighted by molar-refractivity contribution is 5.62. The fourth-order valence-electron chi connectivity index (χ4n) is 2.07. The van der Waals surface area contributed by atoms with Crippen LogP contribution in [0.1, 0.15) is 12.7 Å². The first-order chi connectivity index (χ1) is 11.1. The first-order valence-electron chi connectivity index (χ1n) is 6.60. The molecule has 0 saturated heterocycles. The molecule has 0 saturated carbocycles.